The van der Waals surface area contributed by atoms with E-state index in [1.807, 2.05) is 35.1 Å². The summed E-state index contributed by atoms with van der Waals surface area (Å²) in [6, 6.07) is 18.4. The summed E-state index contributed by atoms with van der Waals surface area (Å²) in [5, 5.41) is 5.54. The Morgan fingerprint density at radius 2 is 1.52 bits per heavy atom. The van der Waals surface area contributed by atoms with E-state index in [1.54, 1.807) is 13.4 Å². The zero-order chi connectivity index (χ0) is 19.6. The van der Waals surface area contributed by atoms with Gasteiger partial charge in [0.15, 0.2) is 5.65 Å². The van der Waals surface area contributed by atoms with E-state index >= 15 is 0 Å². The highest BCUT2D eigenvalue weighted by molar-refractivity contribution is 5.87. The van der Waals surface area contributed by atoms with E-state index in [0.717, 1.165) is 54.5 Å². The zero-order valence-electron chi connectivity index (χ0n) is 16.3. The van der Waals surface area contributed by atoms with Crippen molar-refractivity contribution < 1.29 is 4.74 Å². The molecule has 0 radical (unpaired) electrons. The lowest BCUT2D eigenvalue weighted by molar-refractivity contribution is 0.414. The molecule has 7 nitrogen and oxygen atoms in total. The van der Waals surface area contributed by atoms with Crippen LogP contribution >= 0.6 is 0 Å². The topological polar surface area (TPSA) is 59.3 Å². The van der Waals surface area contributed by atoms with Crippen molar-refractivity contribution in [3.63, 3.8) is 0 Å². The van der Waals surface area contributed by atoms with Gasteiger partial charge in [0.2, 0.25) is 0 Å². The highest BCUT2D eigenvalue weighted by atomic mass is 16.5. The van der Waals surface area contributed by atoms with Gasteiger partial charge >= 0.3 is 0 Å². The van der Waals surface area contributed by atoms with E-state index in [2.05, 4.69) is 55.2 Å². The molecule has 1 aliphatic heterocycles. The monoisotopic (exact) mass is 386 g/mol. The number of aromatic nitrogens is 4. The summed E-state index contributed by atoms with van der Waals surface area (Å²) in [7, 11) is 1.66. The molecule has 29 heavy (non-hydrogen) atoms. The second-order valence-corrected chi connectivity index (χ2v) is 7.00. The molecular weight excluding hydrogens is 364 g/mol. The fraction of sp³-hybridized carbons (Fsp3) is 0.227. The van der Waals surface area contributed by atoms with Crippen molar-refractivity contribution in [3.05, 3.63) is 67.1 Å². The molecule has 0 saturated carbocycles. The average molecular weight is 386 g/mol. The molecule has 7 heteroatoms. The quantitative estimate of drug-likeness (QED) is 0.537. The van der Waals surface area contributed by atoms with Crippen LogP contribution in [-0.4, -0.2) is 53.0 Å². The Kier molecular flexibility index (Phi) is 4.48. The molecule has 0 N–H and O–H groups in total. The first kappa shape index (κ1) is 17.5. The van der Waals surface area contributed by atoms with Crippen LogP contribution in [-0.2, 0) is 0 Å². The normalized spacial score (nSPS) is 14.4. The maximum absolute atomic E-state index is 5.25. The number of rotatable bonds is 4. The number of anilines is 2. The lowest BCUT2D eigenvalue weighted by Gasteiger charge is -2.36. The minimum Gasteiger partial charge on any atom is -0.497 e. The van der Waals surface area contributed by atoms with E-state index in [0.29, 0.717) is 0 Å². The molecule has 0 aliphatic carbocycles. The second kappa shape index (κ2) is 7.43. The Labute approximate surface area is 169 Å². The lowest BCUT2D eigenvalue weighted by Crippen LogP contribution is -2.46. The van der Waals surface area contributed by atoms with Crippen LogP contribution in [0.25, 0.3) is 16.7 Å². The van der Waals surface area contributed by atoms with Crippen molar-refractivity contribution >= 4 is 22.5 Å². The third-order valence-electron chi connectivity index (χ3n) is 5.36. The summed E-state index contributed by atoms with van der Waals surface area (Å²) in [5.41, 5.74) is 3.03. The van der Waals surface area contributed by atoms with Crippen LogP contribution in [0.5, 0.6) is 5.75 Å². The van der Waals surface area contributed by atoms with Crippen LogP contribution < -0.4 is 14.5 Å². The molecule has 1 aliphatic rings. The van der Waals surface area contributed by atoms with Gasteiger partial charge in [-0.3, -0.25) is 0 Å². The van der Waals surface area contributed by atoms with Crippen LogP contribution in [0.15, 0.2) is 67.1 Å². The molecule has 4 aromatic rings. The molecule has 5 rings (SSSR count). The largest absolute Gasteiger partial charge is 0.497 e. The fourth-order valence-electron chi connectivity index (χ4n) is 3.81. The molecule has 1 saturated heterocycles. The van der Waals surface area contributed by atoms with Gasteiger partial charge in [-0.15, -0.1) is 0 Å². The number of hydrogen-bond donors (Lipinski definition) is 0. The Morgan fingerprint density at radius 3 is 2.24 bits per heavy atom. The number of ether oxygens (including phenoxy) is 1. The first-order valence-corrected chi connectivity index (χ1v) is 9.71. The lowest BCUT2D eigenvalue weighted by atomic mass is 10.2. The SMILES string of the molecule is COc1ccc(-n2ncc3c(N4CCN(c5ccccc5)CC4)ncnc32)cc1. The molecule has 2 aromatic heterocycles. The molecular formula is C22H22N6O. The van der Waals surface area contributed by atoms with Crippen LogP contribution in [0.4, 0.5) is 11.5 Å². The van der Waals surface area contributed by atoms with E-state index in [9.17, 15) is 0 Å². The summed E-state index contributed by atoms with van der Waals surface area (Å²) >= 11 is 0. The molecule has 0 spiro atoms. The maximum Gasteiger partial charge on any atom is 0.168 e. The predicted octanol–water partition coefficient (Wildman–Crippen LogP) is 3.15. The Bertz CT molecular complexity index is 1100. The maximum atomic E-state index is 5.25. The molecule has 0 bridgehead atoms. The summed E-state index contributed by atoms with van der Waals surface area (Å²) in [6.45, 7) is 3.74. The summed E-state index contributed by atoms with van der Waals surface area (Å²) in [6.07, 6.45) is 3.49. The van der Waals surface area contributed by atoms with Gasteiger partial charge in [-0.25, -0.2) is 14.6 Å². The van der Waals surface area contributed by atoms with Gasteiger partial charge in [-0.2, -0.15) is 5.10 Å². The molecule has 0 amide bonds. The van der Waals surface area contributed by atoms with Gasteiger partial charge < -0.3 is 14.5 Å². The fourth-order valence-corrected chi connectivity index (χ4v) is 3.81. The zero-order valence-corrected chi connectivity index (χ0v) is 16.3. The third-order valence-corrected chi connectivity index (χ3v) is 5.36. The van der Waals surface area contributed by atoms with Crippen LogP contribution in [0.3, 0.4) is 0 Å². The van der Waals surface area contributed by atoms with E-state index in [4.69, 9.17) is 4.74 Å². The van der Waals surface area contributed by atoms with Crippen molar-refractivity contribution in [1.82, 2.24) is 19.7 Å². The van der Waals surface area contributed by atoms with Gasteiger partial charge in [-0.05, 0) is 36.4 Å². The number of piperazine rings is 1. The van der Waals surface area contributed by atoms with Crippen LogP contribution in [0.2, 0.25) is 0 Å². The highest BCUT2D eigenvalue weighted by Gasteiger charge is 2.21. The molecule has 3 heterocycles. The van der Waals surface area contributed by atoms with E-state index < -0.39 is 0 Å². The smallest absolute Gasteiger partial charge is 0.168 e. The van der Waals surface area contributed by atoms with Crippen molar-refractivity contribution in [2.75, 3.05) is 43.1 Å². The van der Waals surface area contributed by atoms with Crippen LogP contribution in [0.1, 0.15) is 0 Å². The number of hydrogen-bond acceptors (Lipinski definition) is 6. The van der Waals surface area contributed by atoms with Crippen molar-refractivity contribution in [3.8, 4) is 11.4 Å². The van der Waals surface area contributed by atoms with E-state index in [-0.39, 0.29) is 0 Å². The average Bonchev–Trinajstić information content (AvgIpc) is 3.24. The molecule has 0 unspecified atom stereocenters. The minimum absolute atomic E-state index is 0.811. The number of fused-ring (bicyclic) bond motifs is 1. The highest BCUT2D eigenvalue weighted by Crippen LogP contribution is 2.27. The summed E-state index contributed by atoms with van der Waals surface area (Å²) in [4.78, 5) is 13.8. The van der Waals surface area contributed by atoms with Crippen molar-refractivity contribution in [2.45, 2.75) is 0 Å². The van der Waals surface area contributed by atoms with Gasteiger partial charge in [0.05, 0.1) is 24.4 Å². The number of nitrogens with zero attached hydrogens (tertiary/aromatic N) is 6. The predicted molar refractivity (Wildman–Crippen MR) is 114 cm³/mol. The minimum atomic E-state index is 0.811. The number of para-hydroxylation sites is 1. The third kappa shape index (κ3) is 3.24. The Morgan fingerprint density at radius 1 is 0.793 bits per heavy atom. The Balaban J connectivity index is 1.41. The number of benzene rings is 2. The molecule has 2 aromatic carbocycles. The van der Waals surface area contributed by atoms with E-state index in [1.165, 1.54) is 5.69 Å². The van der Waals surface area contributed by atoms with Gasteiger partial charge in [0, 0.05) is 31.9 Å². The first-order valence-electron chi connectivity index (χ1n) is 9.71. The van der Waals surface area contributed by atoms with Gasteiger partial charge in [-0.1, -0.05) is 18.2 Å². The number of methoxy groups -OCH3 is 1. The van der Waals surface area contributed by atoms with Crippen molar-refractivity contribution in [2.24, 2.45) is 0 Å². The second-order valence-electron chi connectivity index (χ2n) is 7.00. The van der Waals surface area contributed by atoms with Gasteiger partial charge in [0.1, 0.15) is 17.9 Å². The summed E-state index contributed by atoms with van der Waals surface area (Å²) < 4.78 is 7.09. The standard InChI is InChI=1S/C22H22N6O/c1-29-19-9-7-18(8-10-19)28-22-20(15-25-28)21(23-16-24-22)27-13-11-26(12-14-27)17-5-3-2-4-6-17/h2-10,15-16H,11-14H2,1H3. The first-order chi connectivity index (χ1) is 14.3. The Hall–Kier alpha value is -3.61. The molecule has 146 valence electrons. The van der Waals surface area contributed by atoms with Gasteiger partial charge in [0.25, 0.3) is 0 Å². The molecule has 1 fully saturated rings. The van der Waals surface area contributed by atoms with Crippen molar-refractivity contribution in [1.29, 1.82) is 0 Å². The van der Waals surface area contributed by atoms with Crippen LogP contribution in [0, 0.1) is 0 Å². The summed E-state index contributed by atoms with van der Waals surface area (Å²) in [5.74, 6) is 1.76. The molecule has 0 atom stereocenters.